The molecule has 1 aliphatic heterocycles. The zero-order chi connectivity index (χ0) is 23.0. The molecule has 1 aliphatic rings. The number of hydrogen-bond acceptors (Lipinski definition) is 5. The van der Waals surface area contributed by atoms with Crippen molar-refractivity contribution in [3.8, 4) is 0 Å². The van der Waals surface area contributed by atoms with Crippen molar-refractivity contribution < 1.29 is 12.8 Å². The molecule has 0 aliphatic carbocycles. The third-order valence-electron chi connectivity index (χ3n) is 6.05. The second kappa shape index (κ2) is 8.67. The van der Waals surface area contributed by atoms with Gasteiger partial charge < -0.3 is 14.4 Å². The summed E-state index contributed by atoms with van der Waals surface area (Å²) in [5.41, 5.74) is 1.25. The molecule has 0 spiro atoms. The molecule has 170 valence electrons. The third-order valence-corrected chi connectivity index (χ3v) is 7.81. The molecule has 2 heterocycles. The number of likely N-dealkylation sites (N-methyl/N-ethyl adjacent to an activating group) is 1. The third kappa shape index (κ3) is 4.04. The summed E-state index contributed by atoms with van der Waals surface area (Å²) in [5.74, 6) is -0.507. The zero-order valence-corrected chi connectivity index (χ0v) is 19.5. The van der Waals surface area contributed by atoms with Gasteiger partial charge in [-0.25, -0.2) is 12.8 Å². The first kappa shape index (κ1) is 22.5. The molecule has 1 aromatic heterocycles. The molecule has 1 fully saturated rings. The van der Waals surface area contributed by atoms with Crippen LogP contribution in [0.3, 0.4) is 0 Å². The van der Waals surface area contributed by atoms with E-state index >= 15 is 4.39 Å². The van der Waals surface area contributed by atoms with Gasteiger partial charge in [0.1, 0.15) is 10.7 Å². The molecule has 0 N–H and O–H groups in total. The second-order valence-corrected chi connectivity index (χ2v) is 10.4. The first-order valence-corrected chi connectivity index (χ1v) is 12.3. The van der Waals surface area contributed by atoms with E-state index in [1.807, 2.05) is 25.8 Å². The Bertz CT molecular complexity index is 1310. The first-order valence-electron chi connectivity index (χ1n) is 10.8. The summed E-state index contributed by atoms with van der Waals surface area (Å²) in [6.45, 7) is 7.39. The van der Waals surface area contributed by atoms with E-state index in [1.54, 1.807) is 22.8 Å². The minimum absolute atomic E-state index is 0.0529. The van der Waals surface area contributed by atoms with E-state index in [-0.39, 0.29) is 15.2 Å². The number of aromatic nitrogens is 1. The number of aryl methyl sites for hydroxylation is 2. The smallest absolute Gasteiger partial charge is 0.211 e. The maximum absolute atomic E-state index is 15.1. The summed E-state index contributed by atoms with van der Waals surface area (Å²) in [4.78, 5) is 17.2. The predicted molar refractivity (Wildman–Crippen MR) is 125 cm³/mol. The molecule has 0 amide bonds. The Balaban J connectivity index is 1.90. The quantitative estimate of drug-likeness (QED) is 0.587. The Hall–Kier alpha value is -2.71. The van der Waals surface area contributed by atoms with Crippen molar-refractivity contribution in [2.75, 3.05) is 38.1 Å². The van der Waals surface area contributed by atoms with Crippen LogP contribution in [0.2, 0.25) is 0 Å². The summed E-state index contributed by atoms with van der Waals surface area (Å²) in [7, 11) is -2.01. The van der Waals surface area contributed by atoms with Crippen molar-refractivity contribution in [2.24, 2.45) is 0 Å². The molecule has 2 aromatic carbocycles. The molecule has 0 saturated carbocycles. The number of sulfone groups is 1. The van der Waals surface area contributed by atoms with Crippen LogP contribution < -0.4 is 10.3 Å². The molecule has 3 aromatic rings. The summed E-state index contributed by atoms with van der Waals surface area (Å²) in [5, 5.41) is 0.0852. The molecule has 32 heavy (non-hydrogen) atoms. The molecule has 8 heteroatoms. The van der Waals surface area contributed by atoms with Gasteiger partial charge in [-0.05, 0) is 44.7 Å². The topological polar surface area (TPSA) is 62.6 Å². The molecular formula is C24H28FN3O3S. The Morgan fingerprint density at radius 2 is 1.69 bits per heavy atom. The molecule has 6 nitrogen and oxygen atoms in total. The summed E-state index contributed by atoms with van der Waals surface area (Å²) < 4.78 is 43.5. The summed E-state index contributed by atoms with van der Waals surface area (Å²) in [6.07, 6.45) is 2.15. The lowest BCUT2D eigenvalue weighted by atomic mass is 10.1. The van der Waals surface area contributed by atoms with Crippen LogP contribution in [0, 0.1) is 12.7 Å². The first-order chi connectivity index (χ1) is 15.2. The number of halogens is 1. The van der Waals surface area contributed by atoms with Crippen molar-refractivity contribution in [3.05, 3.63) is 64.2 Å². The van der Waals surface area contributed by atoms with Crippen LogP contribution in [0.4, 0.5) is 10.1 Å². The number of fused-ring (bicyclic) bond motifs is 1. The number of hydrogen-bond donors (Lipinski definition) is 0. The second-order valence-electron chi connectivity index (χ2n) is 8.44. The fourth-order valence-corrected chi connectivity index (χ4v) is 5.49. The van der Waals surface area contributed by atoms with E-state index in [1.165, 1.54) is 24.4 Å². The molecule has 1 saturated heterocycles. The van der Waals surface area contributed by atoms with Gasteiger partial charge in [-0.15, -0.1) is 0 Å². The minimum atomic E-state index is -4.04. The van der Waals surface area contributed by atoms with Gasteiger partial charge in [0.25, 0.3) is 0 Å². The molecule has 0 unspecified atom stereocenters. The van der Waals surface area contributed by atoms with Crippen LogP contribution in [0.25, 0.3) is 10.9 Å². The normalized spacial score (nSPS) is 15.4. The highest BCUT2D eigenvalue weighted by Gasteiger charge is 2.25. The predicted octanol–water partition coefficient (Wildman–Crippen LogP) is 3.44. The van der Waals surface area contributed by atoms with Crippen molar-refractivity contribution >= 4 is 26.4 Å². The standard InChI is InChI=1S/C24H28FN3O3S/c1-4-9-28-16-23(32(30,31)18-7-5-17(2)6-8-18)24(29)19-14-20(25)22(15-21(19)28)27-12-10-26(3)11-13-27/h5-8,14-16H,4,9-13H2,1-3H3. The van der Waals surface area contributed by atoms with E-state index in [2.05, 4.69) is 4.90 Å². The SMILES string of the molecule is CCCn1cc(S(=O)(=O)c2ccc(C)cc2)c(=O)c2cc(F)c(N3CCN(C)CC3)cc21. The number of pyridine rings is 1. The van der Waals surface area contributed by atoms with Crippen LogP contribution in [0.5, 0.6) is 0 Å². The Morgan fingerprint density at radius 1 is 1.03 bits per heavy atom. The summed E-state index contributed by atoms with van der Waals surface area (Å²) in [6, 6.07) is 9.27. The fraction of sp³-hybridized carbons (Fsp3) is 0.375. The lowest BCUT2D eigenvalue weighted by molar-refractivity contribution is 0.312. The van der Waals surface area contributed by atoms with Gasteiger partial charge in [-0.2, -0.15) is 0 Å². The van der Waals surface area contributed by atoms with Gasteiger partial charge in [0.2, 0.25) is 15.3 Å². The van der Waals surface area contributed by atoms with E-state index in [0.717, 1.165) is 25.1 Å². The monoisotopic (exact) mass is 457 g/mol. The Kier molecular flexibility index (Phi) is 6.09. The highest BCUT2D eigenvalue weighted by Crippen LogP contribution is 2.28. The van der Waals surface area contributed by atoms with E-state index < -0.39 is 21.1 Å². The molecule has 0 bridgehead atoms. The maximum Gasteiger partial charge on any atom is 0.211 e. The highest BCUT2D eigenvalue weighted by atomic mass is 32.2. The van der Waals surface area contributed by atoms with Crippen molar-refractivity contribution in [2.45, 2.75) is 36.6 Å². The van der Waals surface area contributed by atoms with E-state index in [9.17, 15) is 13.2 Å². The molecular weight excluding hydrogens is 429 g/mol. The number of benzene rings is 2. The average molecular weight is 458 g/mol. The van der Waals surface area contributed by atoms with E-state index in [0.29, 0.717) is 30.8 Å². The van der Waals surface area contributed by atoms with Crippen LogP contribution >= 0.6 is 0 Å². The number of piperazine rings is 1. The van der Waals surface area contributed by atoms with Gasteiger partial charge >= 0.3 is 0 Å². The maximum atomic E-state index is 15.1. The van der Waals surface area contributed by atoms with Crippen molar-refractivity contribution in [1.82, 2.24) is 9.47 Å². The largest absolute Gasteiger partial charge is 0.367 e. The van der Waals surface area contributed by atoms with Crippen LogP contribution in [-0.2, 0) is 16.4 Å². The van der Waals surface area contributed by atoms with Crippen molar-refractivity contribution in [1.29, 1.82) is 0 Å². The van der Waals surface area contributed by atoms with Gasteiger partial charge in [-0.1, -0.05) is 24.6 Å². The summed E-state index contributed by atoms with van der Waals surface area (Å²) >= 11 is 0. The lowest BCUT2D eigenvalue weighted by Crippen LogP contribution is -2.44. The fourth-order valence-electron chi connectivity index (χ4n) is 4.12. The van der Waals surface area contributed by atoms with Gasteiger partial charge in [-0.3, -0.25) is 4.79 Å². The van der Waals surface area contributed by atoms with Crippen LogP contribution in [-0.4, -0.2) is 51.1 Å². The van der Waals surface area contributed by atoms with Crippen LogP contribution in [0.15, 0.2) is 57.2 Å². The number of anilines is 1. The Morgan fingerprint density at radius 3 is 2.31 bits per heavy atom. The van der Waals surface area contributed by atoms with Crippen LogP contribution in [0.1, 0.15) is 18.9 Å². The number of nitrogens with zero attached hydrogens (tertiary/aromatic N) is 3. The Labute approximate surface area is 187 Å². The van der Waals surface area contributed by atoms with Crippen molar-refractivity contribution in [3.63, 3.8) is 0 Å². The van der Waals surface area contributed by atoms with E-state index in [4.69, 9.17) is 0 Å². The highest BCUT2D eigenvalue weighted by molar-refractivity contribution is 7.91. The van der Waals surface area contributed by atoms with Gasteiger partial charge in [0.15, 0.2) is 0 Å². The number of rotatable bonds is 5. The lowest BCUT2D eigenvalue weighted by Gasteiger charge is -2.34. The average Bonchev–Trinajstić information content (AvgIpc) is 2.76. The minimum Gasteiger partial charge on any atom is -0.367 e. The zero-order valence-electron chi connectivity index (χ0n) is 18.6. The van der Waals surface area contributed by atoms with Gasteiger partial charge in [0, 0.05) is 38.9 Å². The molecule has 4 rings (SSSR count). The molecule has 0 atom stereocenters. The molecule has 0 radical (unpaired) electrons. The van der Waals surface area contributed by atoms with Gasteiger partial charge in [0.05, 0.1) is 21.5 Å².